The van der Waals surface area contributed by atoms with E-state index in [1.54, 1.807) is 6.07 Å². The van der Waals surface area contributed by atoms with Crippen molar-refractivity contribution in [2.75, 3.05) is 7.05 Å². The Labute approximate surface area is 101 Å². The summed E-state index contributed by atoms with van der Waals surface area (Å²) in [4.78, 5) is 0. The summed E-state index contributed by atoms with van der Waals surface area (Å²) < 4.78 is 13.3. The van der Waals surface area contributed by atoms with Crippen LogP contribution >= 0.6 is 11.6 Å². The second kappa shape index (κ2) is 5.15. The first-order chi connectivity index (χ1) is 7.72. The first kappa shape index (κ1) is 11.9. The van der Waals surface area contributed by atoms with Crippen molar-refractivity contribution in [3.05, 3.63) is 34.6 Å². The molecule has 1 atom stereocenters. The maximum Gasteiger partial charge on any atom is 0.142 e. The van der Waals surface area contributed by atoms with E-state index >= 15 is 0 Å². The van der Waals surface area contributed by atoms with E-state index in [2.05, 4.69) is 5.32 Å². The molecule has 0 aromatic heterocycles. The van der Waals surface area contributed by atoms with Gasteiger partial charge in [-0.1, -0.05) is 30.2 Å². The molecule has 0 amide bonds. The molecule has 0 saturated heterocycles. The second-order valence-corrected chi connectivity index (χ2v) is 4.88. The first-order valence-corrected chi connectivity index (χ1v) is 6.20. The molecule has 1 aliphatic carbocycles. The number of likely N-dealkylation sites (N-methyl/N-ethyl adjacent to an activating group) is 1. The Morgan fingerprint density at radius 3 is 2.81 bits per heavy atom. The van der Waals surface area contributed by atoms with Crippen LogP contribution < -0.4 is 5.32 Å². The van der Waals surface area contributed by atoms with E-state index in [4.69, 9.17) is 11.6 Å². The fourth-order valence-electron chi connectivity index (χ4n) is 2.29. The molecule has 1 aromatic rings. The monoisotopic (exact) mass is 241 g/mol. The van der Waals surface area contributed by atoms with E-state index in [0.29, 0.717) is 6.04 Å². The van der Waals surface area contributed by atoms with Crippen molar-refractivity contribution in [3.63, 3.8) is 0 Å². The fraction of sp³-hybridized carbons (Fsp3) is 0.538. The van der Waals surface area contributed by atoms with Crippen molar-refractivity contribution in [1.29, 1.82) is 0 Å². The van der Waals surface area contributed by atoms with Gasteiger partial charge in [-0.25, -0.2) is 4.39 Å². The standard InChI is InChI=1S/C13H17ClFN/c1-16-12(9-4-2-5-9)8-10-6-3-7-11(15)13(10)14/h3,6-7,9,12,16H,2,4-5,8H2,1H3. The Morgan fingerprint density at radius 2 is 2.25 bits per heavy atom. The summed E-state index contributed by atoms with van der Waals surface area (Å²) in [7, 11) is 1.97. The molecule has 0 bridgehead atoms. The lowest BCUT2D eigenvalue weighted by molar-refractivity contribution is 0.235. The van der Waals surface area contributed by atoms with Crippen LogP contribution in [0.1, 0.15) is 24.8 Å². The molecule has 16 heavy (non-hydrogen) atoms. The highest BCUT2D eigenvalue weighted by molar-refractivity contribution is 6.31. The Bertz CT molecular complexity index is 363. The predicted molar refractivity (Wildman–Crippen MR) is 65.3 cm³/mol. The summed E-state index contributed by atoms with van der Waals surface area (Å²) >= 11 is 5.96. The number of hydrogen-bond acceptors (Lipinski definition) is 1. The summed E-state index contributed by atoms with van der Waals surface area (Å²) in [6.45, 7) is 0. The van der Waals surface area contributed by atoms with Gasteiger partial charge in [0.1, 0.15) is 5.82 Å². The third-order valence-electron chi connectivity index (χ3n) is 3.56. The number of nitrogens with one attached hydrogen (secondary N) is 1. The van der Waals surface area contributed by atoms with Gasteiger partial charge in [-0.15, -0.1) is 0 Å². The van der Waals surface area contributed by atoms with E-state index in [-0.39, 0.29) is 10.8 Å². The van der Waals surface area contributed by atoms with Gasteiger partial charge in [0.05, 0.1) is 5.02 Å². The van der Waals surface area contributed by atoms with Gasteiger partial charge in [0.25, 0.3) is 0 Å². The molecule has 0 radical (unpaired) electrons. The molecule has 1 aliphatic rings. The molecular weight excluding hydrogens is 225 g/mol. The molecule has 0 aliphatic heterocycles. The van der Waals surface area contributed by atoms with Crippen molar-refractivity contribution in [2.45, 2.75) is 31.7 Å². The normalized spacial score (nSPS) is 18.2. The number of benzene rings is 1. The average molecular weight is 242 g/mol. The van der Waals surface area contributed by atoms with Gasteiger partial charge in [-0.2, -0.15) is 0 Å². The molecule has 88 valence electrons. The molecule has 1 fully saturated rings. The molecular formula is C13H17ClFN. The fourth-order valence-corrected chi connectivity index (χ4v) is 2.49. The first-order valence-electron chi connectivity index (χ1n) is 5.82. The maximum atomic E-state index is 13.3. The van der Waals surface area contributed by atoms with Crippen molar-refractivity contribution in [3.8, 4) is 0 Å². The summed E-state index contributed by atoms with van der Waals surface area (Å²) in [5.41, 5.74) is 0.910. The molecule has 0 spiro atoms. The van der Waals surface area contributed by atoms with Crippen molar-refractivity contribution in [1.82, 2.24) is 5.32 Å². The third-order valence-corrected chi connectivity index (χ3v) is 3.98. The average Bonchev–Trinajstić information content (AvgIpc) is 2.21. The zero-order chi connectivity index (χ0) is 11.5. The van der Waals surface area contributed by atoms with Gasteiger partial charge in [-0.3, -0.25) is 0 Å². The molecule has 2 rings (SSSR count). The van der Waals surface area contributed by atoms with E-state index in [0.717, 1.165) is 17.9 Å². The zero-order valence-corrected chi connectivity index (χ0v) is 10.2. The molecule has 1 saturated carbocycles. The van der Waals surface area contributed by atoms with Crippen LogP contribution in [0.25, 0.3) is 0 Å². The van der Waals surface area contributed by atoms with Gasteiger partial charge in [0.2, 0.25) is 0 Å². The Morgan fingerprint density at radius 1 is 1.50 bits per heavy atom. The van der Waals surface area contributed by atoms with Gasteiger partial charge in [-0.05, 0) is 43.9 Å². The highest BCUT2D eigenvalue weighted by Gasteiger charge is 2.26. The summed E-state index contributed by atoms with van der Waals surface area (Å²) in [5.74, 6) is 0.409. The molecule has 1 unspecified atom stereocenters. The van der Waals surface area contributed by atoms with Crippen LogP contribution in [0.2, 0.25) is 5.02 Å². The van der Waals surface area contributed by atoms with Crippen LogP contribution in [0.3, 0.4) is 0 Å². The Hall–Kier alpha value is -0.600. The second-order valence-electron chi connectivity index (χ2n) is 4.50. The lowest BCUT2D eigenvalue weighted by Gasteiger charge is -2.33. The highest BCUT2D eigenvalue weighted by Crippen LogP contribution is 2.32. The predicted octanol–water partition coefficient (Wildman–Crippen LogP) is 3.41. The summed E-state index contributed by atoms with van der Waals surface area (Å²) in [6, 6.07) is 5.47. The quantitative estimate of drug-likeness (QED) is 0.852. The van der Waals surface area contributed by atoms with Crippen LogP contribution in [0, 0.1) is 11.7 Å². The molecule has 3 heteroatoms. The van der Waals surface area contributed by atoms with E-state index in [9.17, 15) is 4.39 Å². The minimum atomic E-state index is -0.317. The van der Waals surface area contributed by atoms with Gasteiger partial charge in [0.15, 0.2) is 0 Å². The number of rotatable bonds is 4. The van der Waals surface area contributed by atoms with Gasteiger partial charge < -0.3 is 5.32 Å². The lowest BCUT2D eigenvalue weighted by atomic mass is 9.77. The molecule has 1 aromatic carbocycles. The SMILES string of the molecule is CNC(Cc1cccc(F)c1Cl)C1CCC1. The zero-order valence-electron chi connectivity index (χ0n) is 9.47. The molecule has 1 N–H and O–H groups in total. The topological polar surface area (TPSA) is 12.0 Å². The van der Waals surface area contributed by atoms with Gasteiger partial charge in [0, 0.05) is 6.04 Å². The van der Waals surface area contributed by atoms with Crippen LogP contribution in [-0.2, 0) is 6.42 Å². The van der Waals surface area contributed by atoms with E-state index < -0.39 is 0 Å². The van der Waals surface area contributed by atoms with Crippen molar-refractivity contribution >= 4 is 11.6 Å². The Balaban J connectivity index is 2.09. The highest BCUT2D eigenvalue weighted by atomic mass is 35.5. The maximum absolute atomic E-state index is 13.3. The largest absolute Gasteiger partial charge is 0.316 e. The lowest BCUT2D eigenvalue weighted by Crippen LogP contribution is -2.39. The van der Waals surface area contributed by atoms with Crippen LogP contribution in [0.4, 0.5) is 4.39 Å². The van der Waals surface area contributed by atoms with Crippen molar-refractivity contribution in [2.24, 2.45) is 5.92 Å². The number of halogens is 2. The van der Waals surface area contributed by atoms with Crippen molar-refractivity contribution < 1.29 is 4.39 Å². The minimum absolute atomic E-state index is 0.280. The van der Waals surface area contributed by atoms with Crippen LogP contribution in [-0.4, -0.2) is 13.1 Å². The Kier molecular flexibility index (Phi) is 3.82. The molecule has 0 heterocycles. The van der Waals surface area contributed by atoms with Gasteiger partial charge >= 0.3 is 0 Å². The van der Waals surface area contributed by atoms with E-state index in [1.165, 1.54) is 25.3 Å². The van der Waals surface area contributed by atoms with E-state index in [1.807, 2.05) is 13.1 Å². The summed E-state index contributed by atoms with van der Waals surface area (Å²) in [6.07, 6.45) is 4.69. The minimum Gasteiger partial charge on any atom is -0.316 e. The third kappa shape index (κ3) is 2.38. The smallest absolute Gasteiger partial charge is 0.142 e. The molecule has 1 nitrogen and oxygen atoms in total. The van der Waals surface area contributed by atoms with Crippen LogP contribution in [0.15, 0.2) is 18.2 Å². The summed E-state index contributed by atoms with van der Waals surface area (Å²) in [5, 5.41) is 3.60. The van der Waals surface area contributed by atoms with Crippen LogP contribution in [0.5, 0.6) is 0 Å². The number of hydrogen-bond donors (Lipinski definition) is 1.